The molecule has 2 aromatic heterocycles. The van der Waals surface area contributed by atoms with Crippen molar-refractivity contribution in [3.05, 3.63) is 170 Å². The number of hydrogen-bond donors (Lipinski definition) is 0. The Balaban J connectivity index is 1.12. The van der Waals surface area contributed by atoms with Crippen LogP contribution in [0.5, 0.6) is 0 Å². The van der Waals surface area contributed by atoms with Crippen LogP contribution in [0, 0.1) is 0 Å². The van der Waals surface area contributed by atoms with Gasteiger partial charge in [0.05, 0.1) is 0 Å². The molecule has 0 saturated carbocycles. The maximum atomic E-state index is 6.45. The summed E-state index contributed by atoms with van der Waals surface area (Å²) < 4.78 is 12.7. The molecule has 11 rings (SSSR count). The van der Waals surface area contributed by atoms with Crippen molar-refractivity contribution in [2.75, 3.05) is 0 Å². The van der Waals surface area contributed by atoms with Gasteiger partial charge in [0, 0.05) is 21.5 Å². The molecule has 232 valence electrons. The average Bonchev–Trinajstić information content (AvgIpc) is 3.72. The first-order chi connectivity index (χ1) is 24.8. The summed E-state index contributed by atoms with van der Waals surface area (Å²) in [6.45, 7) is 0. The van der Waals surface area contributed by atoms with Crippen molar-refractivity contribution in [3.8, 4) is 33.4 Å². The predicted molar refractivity (Wildman–Crippen MR) is 210 cm³/mol. The van der Waals surface area contributed by atoms with Gasteiger partial charge < -0.3 is 8.83 Å². The second kappa shape index (κ2) is 10.4. The molecule has 0 aliphatic carbocycles. The minimum absolute atomic E-state index is 0.869. The summed E-state index contributed by atoms with van der Waals surface area (Å²) in [5.74, 6) is 0. The lowest BCUT2D eigenvalue weighted by Crippen LogP contribution is -1.91. The quantitative estimate of drug-likeness (QED) is 0.180. The van der Waals surface area contributed by atoms with Gasteiger partial charge in [0.2, 0.25) is 0 Å². The van der Waals surface area contributed by atoms with Crippen molar-refractivity contribution in [3.63, 3.8) is 0 Å². The Morgan fingerprint density at radius 3 is 1.32 bits per heavy atom. The van der Waals surface area contributed by atoms with Crippen molar-refractivity contribution < 1.29 is 8.83 Å². The summed E-state index contributed by atoms with van der Waals surface area (Å²) in [5.41, 5.74) is 10.8. The molecule has 2 heteroatoms. The molecule has 2 nitrogen and oxygen atoms in total. The molecule has 0 unspecified atom stereocenters. The molecule has 0 aliphatic heterocycles. The van der Waals surface area contributed by atoms with E-state index in [0.717, 1.165) is 49.4 Å². The lowest BCUT2D eigenvalue weighted by atomic mass is 9.85. The fourth-order valence-electron chi connectivity index (χ4n) is 8.11. The maximum absolute atomic E-state index is 6.45. The third kappa shape index (κ3) is 4.03. The second-order valence-corrected chi connectivity index (χ2v) is 13.2. The number of para-hydroxylation sites is 1. The van der Waals surface area contributed by atoms with E-state index >= 15 is 0 Å². The van der Waals surface area contributed by atoms with Crippen LogP contribution in [0.25, 0.3) is 110 Å². The number of furan rings is 2. The monoisotopic (exact) mass is 636 g/mol. The molecule has 11 aromatic rings. The molecule has 0 saturated heterocycles. The fourth-order valence-corrected chi connectivity index (χ4v) is 8.11. The summed E-state index contributed by atoms with van der Waals surface area (Å²) in [6.07, 6.45) is 0. The van der Waals surface area contributed by atoms with Crippen molar-refractivity contribution in [1.29, 1.82) is 0 Å². The van der Waals surface area contributed by atoms with Crippen molar-refractivity contribution >= 4 is 76.2 Å². The lowest BCUT2D eigenvalue weighted by Gasteiger charge is -2.18. The highest BCUT2D eigenvalue weighted by molar-refractivity contribution is 6.23. The average molecular weight is 637 g/mol. The van der Waals surface area contributed by atoms with Gasteiger partial charge >= 0.3 is 0 Å². The van der Waals surface area contributed by atoms with Gasteiger partial charge in [0.1, 0.15) is 22.3 Å². The Hall–Kier alpha value is -6.64. The minimum atomic E-state index is 0.869. The largest absolute Gasteiger partial charge is 0.456 e. The molecule has 0 fully saturated rings. The van der Waals surface area contributed by atoms with E-state index in [2.05, 4.69) is 152 Å². The van der Waals surface area contributed by atoms with Crippen LogP contribution in [-0.2, 0) is 0 Å². The van der Waals surface area contributed by atoms with E-state index < -0.39 is 0 Å². The Labute approximate surface area is 287 Å². The van der Waals surface area contributed by atoms with E-state index in [4.69, 9.17) is 8.83 Å². The van der Waals surface area contributed by atoms with Crippen molar-refractivity contribution in [2.45, 2.75) is 0 Å². The molecule has 9 aromatic carbocycles. The second-order valence-electron chi connectivity index (χ2n) is 13.2. The Bertz CT molecular complexity index is 3080. The summed E-state index contributed by atoms with van der Waals surface area (Å²) >= 11 is 0. The highest BCUT2D eigenvalue weighted by Crippen LogP contribution is 2.46. The fraction of sp³-hybridized carbons (Fsp3) is 0. The van der Waals surface area contributed by atoms with Gasteiger partial charge in [-0.15, -0.1) is 0 Å². The molecular weight excluding hydrogens is 609 g/mol. The number of fused-ring (bicyclic) bond motifs is 9. The predicted octanol–water partition coefficient (Wildman–Crippen LogP) is 13.9. The van der Waals surface area contributed by atoms with Crippen molar-refractivity contribution in [1.82, 2.24) is 0 Å². The molecule has 0 atom stereocenters. The number of benzene rings is 9. The highest BCUT2D eigenvalue weighted by atomic mass is 16.3. The Morgan fingerprint density at radius 1 is 0.240 bits per heavy atom. The first kappa shape index (κ1) is 27.3. The van der Waals surface area contributed by atoms with E-state index in [1.165, 1.54) is 60.1 Å². The van der Waals surface area contributed by atoms with E-state index in [9.17, 15) is 0 Å². The maximum Gasteiger partial charge on any atom is 0.136 e. The molecular formula is C48H28O2. The molecule has 0 N–H and O–H groups in total. The molecule has 0 spiro atoms. The SMILES string of the molecule is c1ccc(-c2ccc3cc(-c4c5ccccc5c(-c5ccc6oc7cc8c(cc7c6c5)oc5ccccc58)c5ccccc45)ccc3c2)cc1. The van der Waals surface area contributed by atoms with E-state index in [1.54, 1.807) is 0 Å². The first-order valence-electron chi connectivity index (χ1n) is 17.1. The number of rotatable bonds is 3. The van der Waals surface area contributed by atoms with Crippen LogP contribution in [0.15, 0.2) is 179 Å². The van der Waals surface area contributed by atoms with Crippen LogP contribution >= 0.6 is 0 Å². The van der Waals surface area contributed by atoms with Gasteiger partial charge in [0.25, 0.3) is 0 Å². The first-order valence-corrected chi connectivity index (χ1v) is 17.1. The summed E-state index contributed by atoms with van der Waals surface area (Å²) in [7, 11) is 0. The van der Waals surface area contributed by atoms with Gasteiger partial charge in [-0.05, 0) is 108 Å². The molecule has 50 heavy (non-hydrogen) atoms. The molecule has 0 bridgehead atoms. The summed E-state index contributed by atoms with van der Waals surface area (Å²) in [6, 6.07) is 61.0. The van der Waals surface area contributed by atoms with E-state index in [0.29, 0.717) is 0 Å². The lowest BCUT2D eigenvalue weighted by molar-refractivity contribution is 0.664. The Kier molecular flexibility index (Phi) is 5.70. The smallest absolute Gasteiger partial charge is 0.136 e. The topological polar surface area (TPSA) is 26.3 Å². The van der Waals surface area contributed by atoms with Crippen LogP contribution in [0.3, 0.4) is 0 Å². The molecule has 2 heterocycles. The minimum Gasteiger partial charge on any atom is -0.456 e. The van der Waals surface area contributed by atoms with E-state index in [-0.39, 0.29) is 0 Å². The standard InChI is InChI=1S/C48H28O2/c1-2-10-29(11-3-1)30-18-19-32-25-33(21-20-31(32)24-30)47-36-13-4-6-15-38(36)48(39-16-7-5-14-37(39)47)34-22-23-44-40(26-34)42-28-45-41(27-46(42)50-44)35-12-8-9-17-43(35)49-45/h1-28H. The third-order valence-corrected chi connectivity index (χ3v) is 10.4. The highest BCUT2D eigenvalue weighted by Gasteiger charge is 2.19. The van der Waals surface area contributed by atoms with Crippen LogP contribution in [0.2, 0.25) is 0 Å². The van der Waals surface area contributed by atoms with Crippen LogP contribution in [-0.4, -0.2) is 0 Å². The Morgan fingerprint density at radius 2 is 0.680 bits per heavy atom. The molecule has 0 aliphatic rings. The van der Waals surface area contributed by atoms with Crippen molar-refractivity contribution in [2.24, 2.45) is 0 Å². The van der Waals surface area contributed by atoms with Crippen LogP contribution < -0.4 is 0 Å². The normalized spacial score (nSPS) is 12.0. The van der Waals surface area contributed by atoms with Gasteiger partial charge in [-0.25, -0.2) is 0 Å². The van der Waals surface area contributed by atoms with Gasteiger partial charge in [-0.3, -0.25) is 0 Å². The zero-order valence-corrected chi connectivity index (χ0v) is 27.0. The summed E-state index contributed by atoms with van der Waals surface area (Å²) in [4.78, 5) is 0. The van der Waals surface area contributed by atoms with Gasteiger partial charge in [-0.2, -0.15) is 0 Å². The third-order valence-electron chi connectivity index (χ3n) is 10.4. The van der Waals surface area contributed by atoms with Crippen LogP contribution in [0.4, 0.5) is 0 Å². The zero-order valence-electron chi connectivity index (χ0n) is 27.0. The van der Waals surface area contributed by atoms with Gasteiger partial charge in [-0.1, -0.05) is 127 Å². The van der Waals surface area contributed by atoms with Gasteiger partial charge in [0.15, 0.2) is 0 Å². The van der Waals surface area contributed by atoms with Crippen LogP contribution in [0.1, 0.15) is 0 Å². The number of hydrogen-bond acceptors (Lipinski definition) is 2. The zero-order chi connectivity index (χ0) is 32.8. The summed E-state index contributed by atoms with van der Waals surface area (Å²) in [5, 5.41) is 11.7. The van der Waals surface area contributed by atoms with E-state index in [1.807, 2.05) is 18.2 Å². The molecule has 0 radical (unpaired) electrons. The molecule has 0 amide bonds.